The first-order valence-electron chi connectivity index (χ1n) is 22.0. The minimum atomic E-state index is -0.689. The fourth-order valence-corrected chi connectivity index (χ4v) is 8.48. The molecule has 0 aliphatic carbocycles. The van der Waals surface area contributed by atoms with Crippen molar-refractivity contribution in [2.75, 3.05) is 13.2 Å². The first-order chi connectivity index (χ1) is 28.4. The van der Waals surface area contributed by atoms with Crippen LogP contribution in [0.15, 0.2) is 84.9 Å². The van der Waals surface area contributed by atoms with E-state index < -0.39 is 12.3 Å². The third-order valence-corrected chi connectivity index (χ3v) is 11.5. The number of carbonyl (C=O) groups is 2. The van der Waals surface area contributed by atoms with E-state index in [1.54, 1.807) is 0 Å². The van der Waals surface area contributed by atoms with E-state index in [1.165, 1.54) is 64.2 Å². The molecule has 6 aromatic carbocycles. The lowest BCUT2D eigenvalue weighted by molar-refractivity contribution is 0.0972. The second-order valence-corrected chi connectivity index (χ2v) is 15.8. The zero-order valence-corrected chi connectivity index (χ0v) is 35.3. The predicted octanol–water partition coefficient (Wildman–Crippen LogP) is 15.9. The van der Waals surface area contributed by atoms with Crippen LogP contribution >= 0.6 is 0 Å². The third-order valence-electron chi connectivity index (χ3n) is 11.5. The molecule has 306 valence electrons. The number of hydrogen-bond donors (Lipinski definition) is 0. The SMILES string of the molecule is CCCCCCCCCCOC(=O)Oc1c2ccccc2c(-c2c3ccccc3c(OC(=O)OCCCCCCCCCC)c3cccc(C)c23)c2c(C)cccc12. The molecule has 6 heteroatoms. The van der Waals surface area contributed by atoms with Gasteiger partial charge in [-0.25, -0.2) is 9.59 Å². The summed E-state index contributed by atoms with van der Waals surface area (Å²) >= 11 is 0. The van der Waals surface area contributed by atoms with E-state index in [4.69, 9.17) is 18.9 Å². The zero-order chi connectivity index (χ0) is 40.7. The molecule has 0 saturated heterocycles. The Morgan fingerprint density at radius 3 is 1.10 bits per heavy atom. The van der Waals surface area contributed by atoms with Crippen LogP contribution in [0.2, 0.25) is 0 Å². The molecule has 0 fully saturated rings. The third kappa shape index (κ3) is 10.3. The van der Waals surface area contributed by atoms with Crippen LogP contribution in [-0.2, 0) is 9.47 Å². The molecule has 0 aliphatic heterocycles. The first kappa shape index (κ1) is 42.5. The Morgan fingerprint density at radius 1 is 0.397 bits per heavy atom. The van der Waals surface area contributed by atoms with E-state index in [0.717, 1.165) is 104 Å². The van der Waals surface area contributed by atoms with Crippen LogP contribution in [0.4, 0.5) is 9.59 Å². The first-order valence-corrected chi connectivity index (χ1v) is 22.0. The van der Waals surface area contributed by atoms with Gasteiger partial charge < -0.3 is 18.9 Å². The Kier molecular flexibility index (Phi) is 15.8. The van der Waals surface area contributed by atoms with Crippen molar-refractivity contribution in [1.82, 2.24) is 0 Å². The maximum atomic E-state index is 13.3. The Bertz CT molecular complexity index is 2140. The summed E-state index contributed by atoms with van der Waals surface area (Å²) in [5.74, 6) is 0.979. The highest BCUT2D eigenvalue weighted by molar-refractivity contribution is 6.27. The van der Waals surface area contributed by atoms with Crippen molar-refractivity contribution in [3.8, 4) is 22.6 Å². The van der Waals surface area contributed by atoms with Crippen molar-refractivity contribution in [2.45, 2.75) is 130 Å². The Labute approximate surface area is 345 Å². The predicted molar refractivity (Wildman–Crippen MR) is 241 cm³/mol. The van der Waals surface area contributed by atoms with Crippen molar-refractivity contribution in [3.63, 3.8) is 0 Å². The highest BCUT2D eigenvalue weighted by Crippen LogP contribution is 2.51. The number of aryl methyl sites for hydroxylation is 2. The van der Waals surface area contributed by atoms with Crippen LogP contribution in [0.5, 0.6) is 11.5 Å². The van der Waals surface area contributed by atoms with Gasteiger partial charge in [0.15, 0.2) is 0 Å². The highest BCUT2D eigenvalue weighted by atomic mass is 16.7. The minimum absolute atomic E-state index is 0.333. The Balaban J connectivity index is 1.33. The molecule has 0 radical (unpaired) electrons. The lowest BCUT2D eigenvalue weighted by Gasteiger charge is -2.22. The topological polar surface area (TPSA) is 71.1 Å². The van der Waals surface area contributed by atoms with Gasteiger partial charge >= 0.3 is 12.3 Å². The smallest absolute Gasteiger partial charge is 0.434 e. The molecule has 0 saturated carbocycles. The summed E-state index contributed by atoms with van der Waals surface area (Å²) < 4.78 is 23.6. The monoisotopic (exact) mass is 782 g/mol. The Hall–Kier alpha value is -5.10. The van der Waals surface area contributed by atoms with Gasteiger partial charge in [0.2, 0.25) is 0 Å². The van der Waals surface area contributed by atoms with Gasteiger partial charge in [-0.2, -0.15) is 0 Å². The summed E-state index contributed by atoms with van der Waals surface area (Å²) in [4.78, 5) is 26.7. The van der Waals surface area contributed by atoms with Crippen molar-refractivity contribution in [1.29, 1.82) is 0 Å². The molecular weight excluding hydrogens is 721 g/mol. The summed E-state index contributed by atoms with van der Waals surface area (Å²) in [6, 6.07) is 28.5. The van der Waals surface area contributed by atoms with E-state index in [2.05, 4.69) is 52.0 Å². The number of carbonyl (C=O) groups excluding carboxylic acids is 2. The van der Waals surface area contributed by atoms with E-state index in [9.17, 15) is 9.59 Å². The second-order valence-electron chi connectivity index (χ2n) is 15.8. The van der Waals surface area contributed by atoms with Gasteiger partial charge in [0.1, 0.15) is 11.5 Å². The fraction of sp³-hybridized carbons (Fsp3) is 0.423. The number of benzene rings is 6. The molecule has 0 amide bonds. The number of unbranched alkanes of at least 4 members (excludes halogenated alkanes) is 14. The number of ether oxygens (including phenoxy) is 4. The molecule has 0 bridgehead atoms. The quantitative estimate of drug-likeness (QED) is 0.0313. The summed E-state index contributed by atoms with van der Waals surface area (Å²) in [5, 5.41) is 7.15. The second kappa shape index (κ2) is 21.6. The molecule has 0 atom stereocenters. The van der Waals surface area contributed by atoms with Crippen LogP contribution < -0.4 is 9.47 Å². The highest BCUT2D eigenvalue weighted by Gasteiger charge is 2.26. The van der Waals surface area contributed by atoms with Crippen LogP contribution in [-0.4, -0.2) is 25.5 Å². The minimum Gasteiger partial charge on any atom is -0.434 e. The van der Waals surface area contributed by atoms with Crippen molar-refractivity contribution in [2.24, 2.45) is 0 Å². The van der Waals surface area contributed by atoms with Gasteiger partial charge in [0.05, 0.1) is 13.2 Å². The standard InChI is InChI=1S/C52H62O6/c1-5-7-9-11-13-15-17-23-35-55-51(53)57-49-41-31-21-19-29-39(41)47(45-37(3)27-25-33-43(45)49)48-40-30-20-22-32-42(40)50(44-34-26-28-38(4)46(44)48)58-52(54)56-36-24-18-16-14-12-10-8-6-2/h19-22,25-34H,5-18,23-24,35-36H2,1-4H3. The molecule has 0 aromatic heterocycles. The largest absolute Gasteiger partial charge is 0.513 e. The van der Waals surface area contributed by atoms with Crippen LogP contribution in [0.1, 0.15) is 128 Å². The van der Waals surface area contributed by atoms with Crippen LogP contribution in [0, 0.1) is 13.8 Å². The molecule has 0 unspecified atom stereocenters. The van der Waals surface area contributed by atoms with Gasteiger partial charge in [0.25, 0.3) is 0 Å². The van der Waals surface area contributed by atoms with E-state index in [-0.39, 0.29) is 0 Å². The molecule has 6 aromatic rings. The summed E-state index contributed by atoms with van der Waals surface area (Å²) in [6.07, 6.45) is 17.3. The molecule has 58 heavy (non-hydrogen) atoms. The summed E-state index contributed by atoms with van der Waals surface area (Å²) in [6.45, 7) is 9.33. The summed E-state index contributed by atoms with van der Waals surface area (Å²) in [5.41, 5.74) is 4.16. The average Bonchev–Trinajstić information content (AvgIpc) is 3.23. The molecular formula is C52H62O6. The van der Waals surface area contributed by atoms with Crippen molar-refractivity contribution in [3.05, 3.63) is 96.1 Å². The van der Waals surface area contributed by atoms with Gasteiger partial charge in [-0.05, 0) is 70.5 Å². The average molecular weight is 783 g/mol. The van der Waals surface area contributed by atoms with Gasteiger partial charge in [0, 0.05) is 21.5 Å². The molecule has 0 heterocycles. The van der Waals surface area contributed by atoms with Gasteiger partial charge in [-0.15, -0.1) is 0 Å². The molecule has 0 aliphatic rings. The maximum absolute atomic E-state index is 13.3. The molecule has 0 spiro atoms. The van der Waals surface area contributed by atoms with Gasteiger partial charge in [-0.1, -0.05) is 189 Å². The molecule has 6 rings (SSSR count). The van der Waals surface area contributed by atoms with Crippen molar-refractivity contribution >= 4 is 55.4 Å². The van der Waals surface area contributed by atoms with Crippen molar-refractivity contribution < 1.29 is 28.5 Å². The lowest BCUT2D eigenvalue weighted by Crippen LogP contribution is -2.12. The zero-order valence-electron chi connectivity index (χ0n) is 35.3. The number of rotatable bonds is 21. The lowest BCUT2D eigenvalue weighted by atomic mass is 9.83. The van der Waals surface area contributed by atoms with Gasteiger partial charge in [-0.3, -0.25) is 0 Å². The van der Waals surface area contributed by atoms with E-state index in [1.807, 2.05) is 60.7 Å². The number of fused-ring (bicyclic) bond motifs is 4. The maximum Gasteiger partial charge on any atom is 0.513 e. The van der Waals surface area contributed by atoms with Crippen LogP contribution in [0.3, 0.4) is 0 Å². The Morgan fingerprint density at radius 2 is 0.724 bits per heavy atom. The van der Waals surface area contributed by atoms with Crippen LogP contribution in [0.25, 0.3) is 54.2 Å². The van der Waals surface area contributed by atoms with E-state index in [0.29, 0.717) is 24.7 Å². The number of hydrogen-bond acceptors (Lipinski definition) is 6. The fourth-order valence-electron chi connectivity index (χ4n) is 8.48. The molecule has 0 N–H and O–H groups in total. The normalized spacial score (nSPS) is 11.4. The summed E-state index contributed by atoms with van der Waals surface area (Å²) in [7, 11) is 0. The van der Waals surface area contributed by atoms with E-state index >= 15 is 0 Å². The molecule has 6 nitrogen and oxygen atoms in total.